The molecule has 44 heavy (non-hydrogen) atoms. The minimum Gasteiger partial charge on any atom is -0.269 e. The van der Waals surface area contributed by atoms with Gasteiger partial charge >= 0.3 is 0 Å². The van der Waals surface area contributed by atoms with Crippen LogP contribution in [-0.4, -0.2) is 34.6 Å². The molecule has 0 unspecified atom stereocenters. The summed E-state index contributed by atoms with van der Waals surface area (Å²) in [6, 6.07) is 0. The van der Waals surface area contributed by atoms with E-state index in [2.05, 4.69) is 20.8 Å². The van der Waals surface area contributed by atoms with E-state index in [-0.39, 0.29) is 19.6 Å². The molecule has 0 fully saturated rings. The lowest BCUT2D eigenvalue weighted by Gasteiger charge is -2.18. The summed E-state index contributed by atoms with van der Waals surface area (Å²) in [5.74, 6) is 0. The van der Waals surface area contributed by atoms with Gasteiger partial charge in [-0.15, -0.1) is 0 Å². The first kappa shape index (κ1) is 43.8. The molecule has 0 aromatic heterocycles. The summed E-state index contributed by atoms with van der Waals surface area (Å²) >= 11 is 0. The Kier molecular flexibility index (Phi) is 31.3. The summed E-state index contributed by atoms with van der Waals surface area (Å²) in [7, 11) is -8.55. The van der Waals surface area contributed by atoms with Crippen molar-refractivity contribution in [2.24, 2.45) is 0 Å². The Labute approximate surface area is 275 Å². The van der Waals surface area contributed by atoms with E-state index < -0.39 is 24.8 Å². The van der Waals surface area contributed by atoms with Gasteiger partial charge in [0.15, 0.2) is 0 Å². The van der Waals surface area contributed by atoms with Crippen LogP contribution in [0.25, 0.3) is 0 Å². The Bertz CT molecular complexity index is 741. The molecule has 0 saturated heterocycles. The molecule has 266 valence electrons. The van der Waals surface area contributed by atoms with Gasteiger partial charge in [0.25, 0.3) is 20.2 Å². The maximum Gasteiger partial charge on any atom is 0.287 e. The molecule has 0 atom stereocenters. The largest absolute Gasteiger partial charge is 0.287 e. The molecule has 0 rings (SSSR count). The number of hydrogen-bond acceptors (Lipinski definition) is 6. The molecule has 8 heteroatoms. The van der Waals surface area contributed by atoms with E-state index in [9.17, 15) is 16.8 Å². The van der Waals surface area contributed by atoms with Crippen molar-refractivity contribution in [3.63, 3.8) is 0 Å². The van der Waals surface area contributed by atoms with Gasteiger partial charge in [0.2, 0.25) is 4.58 Å². The molecule has 0 aromatic rings. The highest BCUT2D eigenvalue weighted by Crippen LogP contribution is 2.23. The Morgan fingerprint density at radius 2 is 0.568 bits per heavy atom. The van der Waals surface area contributed by atoms with Crippen LogP contribution in [0.4, 0.5) is 0 Å². The molecule has 0 aliphatic heterocycles. The molecule has 0 aromatic carbocycles. The molecule has 0 radical (unpaired) electrons. The van der Waals surface area contributed by atoms with Gasteiger partial charge in [0.05, 0.1) is 13.2 Å². The summed E-state index contributed by atoms with van der Waals surface area (Å²) in [6.45, 7) is 6.75. The average Bonchev–Trinajstić information content (AvgIpc) is 2.99. The number of rotatable bonds is 36. The fraction of sp³-hybridized carbons (Fsp3) is 1.00. The molecule has 6 nitrogen and oxygen atoms in total. The Balaban J connectivity index is 4.58. The third-order valence-corrected chi connectivity index (χ3v) is 12.8. The topological polar surface area (TPSA) is 86.7 Å². The summed E-state index contributed by atoms with van der Waals surface area (Å²) < 4.78 is 61.5. The van der Waals surface area contributed by atoms with Crippen molar-refractivity contribution < 1.29 is 25.2 Å². The summed E-state index contributed by atoms with van der Waals surface area (Å²) in [5, 5.41) is 0. The zero-order valence-electron chi connectivity index (χ0n) is 29.5. The molecule has 0 N–H and O–H groups in total. The van der Waals surface area contributed by atoms with Crippen LogP contribution in [-0.2, 0) is 28.6 Å². The van der Waals surface area contributed by atoms with Crippen molar-refractivity contribution in [2.75, 3.05) is 13.2 Å². The van der Waals surface area contributed by atoms with Crippen molar-refractivity contribution in [2.45, 2.75) is 218 Å². The maximum absolute atomic E-state index is 13.1. The van der Waals surface area contributed by atoms with Crippen molar-refractivity contribution in [3.8, 4) is 0 Å². The number of unbranched alkanes of at least 4 members (excludes halogenated alkanes) is 26. The van der Waals surface area contributed by atoms with Crippen molar-refractivity contribution in [3.05, 3.63) is 0 Å². The lowest BCUT2D eigenvalue weighted by atomic mass is 10.1. The van der Waals surface area contributed by atoms with Gasteiger partial charge < -0.3 is 0 Å². The predicted molar refractivity (Wildman–Crippen MR) is 189 cm³/mol. The van der Waals surface area contributed by atoms with Crippen LogP contribution in [0.15, 0.2) is 0 Å². The van der Waals surface area contributed by atoms with Gasteiger partial charge in [0, 0.05) is 0 Å². The van der Waals surface area contributed by atoms with Crippen LogP contribution < -0.4 is 0 Å². The first-order valence-electron chi connectivity index (χ1n) is 19.1. The summed E-state index contributed by atoms with van der Waals surface area (Å²) in [4.78, 5) is 0. The third kappa shape index (κ3) is 27.0. The second kappa shape index (κ2) is 31.4. The van der Waals surface area contributed by atoms with Crippen molar-refractivity contribution >= 4 is 20.2 Å². The van der Waals surface area contributed by atoms with Gasteiger partial charge in [-0.25, -0.2) is 0 Å². The molecule has 0 aliphatic rings. The number of hydrogen-bond donors (Lipinski definition) is 0. The smallest absolute Gasteiger partial charge is 0.269 e. The molecule has 0 saturated carbocycles. The summed E-state index contributed by atoms with van der Waals surface area (Å²) in [5.41, 5.74) is 0. The zero-order valence-corrected chi connectivity index (χ0v) is 31.1. The van der Waals surface area contributed by atoms with Crippen LogP contribution in [0.1, 0.15) is 213 Å². The lowest BCUT2D eigenvalue weighted by molar-refractivity contribution is 0.289. The quantitative estimate of drug-likeness (QED) is 0.0488. The third-order valence-electron chi connectivity index (χ3n) is 8.68. The highest BCUT2D eigenvalue weighted by Gasteiger charge is 2.39. The molecule has 0 heterocycles. The van der Waals surface area contributed by atoms with Crippen LogP contribution >= 0.6 is 0 Å². The van der Waals surface area contributed by atoms with Gasteiger partial charge in [-0.3, -0.25) is 8.37 Å². The predicted octanol–water partition coefficient (Wildman–Crippen LogP) is 11.8. The van der Waals surface area contributed by atoms with Crippen LogP contribution in [0, 0.1) is 0 Å². The zero-order chi connectivity index (χ0) is 32.6. The first-order chi connectivity index (χ1) is 21.3. The molecule has 0 spiro atoms. The van der Waals surface area contributed by atoms with E-state index in [1.54, 1.807) is 0 Å². The van der Waals surface area contributed by atoms with Crippen molar-refractivity contribution in [1.82, 2.24) is 0 Å². The molecular weight excluding hydrogens is 593 g/mol. The van der Waals surface area contributed by atoms with Gasteiger partial charge in [-0.2, -0.15) is 16.8 Å². The minimum absolute atomic E-state index is 0.0383. The fourth-order valence-electron chi connectivity index (χ4n) is 5.74. The maximum atomic E-state index is 13.1. The van der Waals surface area contributed by atoms with E-state index in [1.165, 1.54) is 109 Å². The van der Waals surface area contributed by atoms with E-state index in [0.717, 1.165) is 57.8 Å². The molecule has 0 bridgehead atoms. The SMILES string of the molecule is CCCCCCCCCCCCOS(=O)(=O)C(CCCCCCCCCCC)S(=O)(=O)OCCCCCCCCCCCC. The Morgan fingerprint density at radius 1 is 0.341 bits per heavy atom. The molecular formula is C36H74O6S2. The van der Waals surface area contributed by atoms with E-state index in [1.807, 2.05) is 0 Å². The van der Waals surface area contributed by atoms with E-state index in [0.29, 0.717) is 19.3 Å². The second-order valence-electron chi connectivity index (χ2n) is 13.0. The lowest BCUT2D eigenvalue weighted by Crippen LogP contribution is -2.34. The van der Waals surface area contributed by atoms with E-state index >= 15 is 0 Å². The minimum atomic E-state index is -4.28. The summed E-state index contributed by atoms with van der Waals surface area (Å²) in [6.07, 6.45) is 32.5. The van der Waals surface area contributed by atoms with Gasteiger partial charge in [0.1, 0.15) is 0 Å². The fourth-order valence-corrected chi connectivity index (χ4v) is 9.14. The van der Waals surface area contributed by atoms with E-state index in [4.69, 9.17) is 8.37 Å². The standard InChI is InChI=1S/C36H74O6S2/c1-4-7-10-13-16-19-22-25-28-31-34-41-43(37,38)36(33-30-27-24-21-18-15-12-9-6-3)44(39,40)42-35-32-29-26-23-20-17-14-11-8-5-2/h36H,4-35H2,1-3H3. The molecule has 0 amide bonds. The highest BCUT2D eigenvalue weighted by molar-refractivity contribution is 8.04. The van der Waals surface area contributed by atoms with Gasteiger partial charge in [-0.1, -0.05) is 194 Å². The second-order valence-corrected chi connectivity index (χ2v) is 16.9. The molecule has 0 aliphatic carbocycles. The van der Waals surface area contributed by atoms with Crippen LogP contribution in [0.5, 0.6) is 0 Å². The monoisotopic (exact) mass is 666 g/mol. The normalized spacial score (nSPS) is 12.5. The Hall–Kier alpha value is -0.180. The highest BCUT2D eigenvalue weighted by atomic mass is 32.3. The van der Waals surface area contributed by atoms with Crippen LogP contribution in [0.2, 0.25) is 0 Å². The van der Waals surface area contributed by atoms with Crippen molar-refractivity contribution in [1.29, 1.82) is 0 Å². The Morgan fingerprint density at radius 3 is 0.841 bits per heavy atom. The van der Waals surface area contributed by atoms with Gasteiger partial charge in [-0.05, 0) is 19.3 Å². The average molecular weight is 667 g/mol. The first-order valence-corrected chi connectivity index (χ1v) is 22.0. The van der Waals surface area contributed by atoms with Crippen LogP contribution in [0.3, 0.4) is 0 Å².